The van der Waals surface area contributed by atoms with E-state index in [-0.39, 0.29) is 23.6 Å². The van der Waals surface area contributed by atoms with E-state index >= 15 is 0 Å². The maximum Gasteiger partial charge on any atom is 0.273 e. The zero-order chi connectivity index (χ0) is 28.3. The molecule has 2 heterocycles. The summed E-state index contributed by atoms with van der Waals surface area (Å²) in [5.41, 5.74) is 2.92. The second kappa shape index (κ2) is 14.2. The standard InChI is InChI=1S/C32H34N4O5/c37-31(26-13-11-25(12-14-26)24-7-3-1-4-8-24)33-16-15-30-35-29(23-41-30)32(38)34-21-27(36-17-19-39-20-18-36)22-40-28-9-5-2-6-10-28/h1-14,23,27H,15-22H2,(H,33,37)(H,34,38). The average molecular weight is 555 g/mol. The van der Waals surface area contributed by atoms with E-state index in [9.17, 15) is 9.59 Å². The van der Waals surface area contributed by atoms with Crippen molar-refractivity contribution in [3.63, 3.8) is 0 Å². The van der Waals surface area contributed by atoms with Crippen molar-refractivity contribution in [2.24, 2.45) is 0 Å². The molecule has 0 aliphatic carbocycles. The molecule has 0 saturated carbocycles. The molecule has 0 radical (unpaired) electrons. The van der Waals surface area contributed by atoms with Crippen molar-refractivity contribution >= 4 is 11.8 Å². The third-order valence-corrected chi connectivity index (χ3v) is 6.91. The van der Waals surface area contributed by atoms with Crippen LogP contribution in [0.1, 0.15) is 26.7 Å². The fraction of sp³-hybridized carbons (Fsp3) is 0.281. The molecule has 1 aliphatic heterocycles. The van der Waals surface area contributed by atoms with Crippen LogP contribution in [0, 0.1) is 0 Å². The second-order valence-corrected chi connectivity index (χ2v) is 9.71. The van der Waals surface area contributed by atoms with Gasteiger partial charge in [0.2, 0.25) is 0 Å². The zero-order valence-electron chi connectivity index (χ0n) is 22.8. The summed E-state index contributed by atoms with van der Waals surface area (Å²) in [6.07, 6.45) is 1.71. The van der Waals surface area contributed by atoms with E-state index < -0.39 is 0 Å². The highest BCUT2D eigenvalue weighted by molar-refractivity contribution is 5.94. The summed E-state index contributed by atoms with van der Waals surface area (Å²) in [4.78, 5) is 32.0. The number of hydrogen-bond acceptors (Lipinski definition) is 7. The van der Waals surface area contributed by atoms with Crippen LogP contribution in [-0.2, 0) is 11.2 Å². The molecule has 1 fully saturated rings. The van der Waals surface area contributed by atoms with Gasteiger partial charge in [0, 0.05) is 38.2 Å². The summed E-state index contributed by atoms with van der Waals surface area (Å²) in [5.74, 6) is 0.669. The summed E-state index contributed by atoms with van der Waals surface area (Å²) in [5, 5.41) is 5.84. The van der Waals surface area contributed by atoms with Crippen LogP contribution in [0.2, 0.25) is 0 Å². The smallest absolute Gasteiger partial charge is 0.273 e. The molecule has 1 aromatic heterocycles. The van der Waals surface area contributed by atoms with E-state index in [4.69, 9.17) is 13.9 Å². The lowest BCUT2D eigenvalue weighted by Gasteiger charge is -2.34. The molecule has 4 aromatic rings. The molecule has 1 saturated heterocycles. The molecule has 0 bridgehead atoms. The summed E-state index contributed by atoms with van der Waals surface area (Å²) in [6.45, 7) is 4.01. The van der Waals surface area contributed by atoms with Gasteiger partial charge in [-0.2, -0.15) is 0 Å². The van der Waals surface area contributed by atoms with Crippen LogP contribution in [0.15, 0.2) is 95.6 Å². The molecule has 9 nitrogen and oxygen atoms in total. The van der Waals surface area contributed by atoms with Crippen LogP contribution >= 0.6 is 0 Å². The highest BCUT2D eigenvalue weighted by atomic mass is 16.5. The minimum absolute atomic E-state index is 0.0219. The Morgan fingerprint density at radius 2 is 1.54 bits per heavy atom. The maximum absolute atomic E-state index is 12.8. The number of rotatable bonds is 12. The number of oxazole rings is 1. The van der Waals surface area contributed by atoms with Gasteiger partial charge in [0.15, 0.2) is 11.6 Å². The van der Waals surface area contributed by atoms with Crippen molar-refractivity contribution in [1.82, 2.24) is 20.5 Å². The number of ether oxygens (including phenoxy) is 2. The van der Waals surface area contributed by atoms with Crippen molar-refractivity contribution in [3.05, 3.63) is 108 Å². The number of nitrogens with zero attached hydrogens (tertiary/aromatic N) is 2. The van der Waals surface area contributed by atoms with Crippen LogP contribution in [-0.4, -0.2) is 73.7 Å². The minimum atomic E-state index is -0.319. The molecule has 1 unspecified atom stereocenters. The Balaban J connectivity index is 1.08. The van der Waals surface area contributed by atoms with Gasteiger partial charge >= 0.3 is 0 Å². The fourth-order valence-corrected chi connectivity index (χ4v) is 4.61. The Hall–Kier alpha value is -4.47. The first-order chi connectivity index (χ1) is 20.2. The molecular formula is C32H34N4O5. The Kier molecular flexibility index (Phi) is 9.75. The molecule has 9 heteroatoms. The van der Waals surface area contributed by atoms with Gasteiger partial charge in [-0.1, -0.05) is 60.7 Å². The number of hydrogen-bond donors (Lipinski definition) is 2. The van der Waals surface area contributed by atoms with Crippen LogP contribution in [0.5, 0.6) is 5.75 Å². The van der Waals surface area contributed by atoms with Gasteiger partial charge in [-0.25, -0.2) is 4.98 Å². The fourth-order valence-electron chi connectivity index (χ4n) is 4.61. The van der Waals surface area contributed by atoms with E-state index in [0.29, 0.717) is 50.8 Å². The third kappa shape index (κ3) is 8.03. The first-order valence-electron chi connectivity index (χ1n) is 13.8. The first-order valence-corrected chi connectivity index (χ1v) is 13.8. The highest BCUT2D eigenvalue weighted by Gasteiger charge is 2.23. The van der Waals surface area contributed by atoms with Crippen LogP contribution in [0.4, 0.5) is 0 Å². The third-order valence-electron chi connectivity index (χ3n) is 6.91. The summed E-state index contributed by atoms with van der Waals surface area (Å²) in [7, 11) is 0. The van der Waals surface area contributed by atoms with E-state index in [1.165, 1.54) is 6.26 Å². The Morgan fingerprint density at radius 1 is 0.854 bits per heavy atom. The maximum atomic E-state index is 12.8. The SMILES string of the molecule is O=C(NCCc1nc(C(=O)NCC(COc2ccccc2)N2CCOCC2)co1)c1ccc(-c2ccccc2)cc1. The van der Waals surface area contributed by atoms with E-state index in [0.717, 1.165) is 30.0 Å². The van der Waals surface area contributed by atoms with E-state index in [1.54, 1.807) is 12.1 Å². The summed E-state index contributed by atoms with van der Waals surface area (Å²) >= 11 is 0. The Bertz CT molecular complexity index is 1390. The molecule has 0 spiro atoms. The lowest BCUT2D eigenvalue weighted by molar-refractivity contribution is 0.00642. The number of amides is 2. The van der Waals surface area contributed by atoms with Gasteiger partial charge in [0.25, 0.3) is 11.8 Å². The quantitative estimate of drug-likeness (QED) is 0.274. The van der Waals surface area contributed by atoms with Gasteiger partial charge in [-0.05, 0) is 35.4 Å². The highest BCUT2D eigenvalue weighted by Crippen LogP contribution is 2.19. The topological polar surface area (TPSA) is 106 Å². The number of carbonyl (C=O) groups is 2. The molecule has 3 aromatic carbocycles. The van der Waals surface area contributed by atoms with Crippen molar-refractivity contribution < 1.29 is 23.5 Å². The number of morpholine rings is 1. The van der Waals surface area contributed by atoms with Gasteiger partial charge in [0.1, 0.15) is 18.6 Å². The zero-order valence-corrected chi connectivity index (χ0v) is 22.8. The number of para-hydroxylation sites is 1. The molecular weight excluding hydrogens is 520 g/mol. The van der Waals surface area contributed by atoms with Gasteiger partial charge in [-0.15, -0.1) is 0 Å². The second-order valence-electron chi connectivity index (χ2n) is 9.71. The van der Waals surface area contributed by atoms with Gasteiger partial charge < -0.3 is 24.5 Å². The normalized spacial score (nSPS) is 14.2. The monoisotopic (exact) mass is 554 g/mol. The molecule has 1 aliphatic rings. The molecule has 2 amide bonds. The van der Waals surface area contributed by atoms with Crippen molar-refractivity contribution in [2.75, 3.05) is 46.0 Å². The molecule has 41 heavy (non-hydrogen) atoms. The Labute approximate surface area is 239 Å². The number of nitrogens with one attached hydrogen (secondary N) is 2. The van der Waals surface area contributed by atoms with Crippen molar-refractivity contribution in [3.8, 4) is 16.9 Å². The number of aromatic nitrogens is 1. The lowest BCUT2D eigenvalue weighted by atomic mass is 10.0. The van der Waals surface area contributed by atoms with Crippen LogP contribution in [0.3, 0.4) is 0 Å². The van der Waals surface area contributed by atoms with Gasteiger partial charge in [0.05, 0.1) is 19.3 Å². The van der Waals surface area contributed by atoms with E-state index in [1.807, 2.05) is 72.8 Å². The molecule has 1 atom stereocenters. The van der Waals surface area contributed by atoms with Crippen LogP contribution in [0.25, 0.3) is 11.1 Å². The average Bonchev–Trinajstić information content (AvgIpc) is 3.51. The van der Waals surface area contributed by atoms with Crippen molar-refractivity contribution in [2.45, 2.75) is 12.5 Å². The lowest BCUT2D eigenvalue weighted by Crippen LogP contribution is -2.51. The summed E-state index contributed by atoms with van der Waals surface area (Å²) < 4.78 is 17.0. The predicted octanol–water partition coefficient (Wildman–Crippen LogP) is 3.82. The number of carbonyl (C=O) groups excluding carboxylic acids is 2. The Morgan fingerprint density at radius 3 is 2.27 bits per heavy atom. The van der Waals surface area contributed by atoms with Crippen molar-refractivity contribution in [1.29, 1.82) is 0 Å². The summed E-state index contributed by atoms with van der Waals surface area (Å²) in [6, 6.07) is 27.1. The molecule has 212 valence electrons. The van der Waals surface area contributed by atoms with E-state index in [2.05, 4.69) is 20.5 Å². The molecule has 5 rings (SSSR count). The minimum Gasteiger partial charge on any atom is -0.492 e. The molecule has 2 N–H and O–H groups in total. The first kappa shape index (κ1) is 28.1. The predicted molar refractivity (Wildman–Crippen MR) is 155 cm³/mol. The van der Waals surface area contributed by atoms with Gasteiger partial charge in [-0.3, -0.25) is 14.5 Å². The number of benzene rings is 3. The van der Waals surface area contributed by atoms with Crippen LogP contribution < -0.4 is 15.4 Å². The largest absolute Gasteiger partial charge is 0.492 e.